The first-order valence-electron chi connectivity index (χ1n) is 9.81. The molecule has 0 aliphatic heterocycles. The van der Waals surface area contributed by atoms with Crippen LogP contribution in [0, 0.1) is 5.41 Å². The van der Waals surface area contributed by atoms with Gasteiger partial charge in [0.2, 0.25) is 5.95 Å². The molecule has 1 aliphatic carbocycles. The Hall–Kier alpha value is -2.83. The van der Waals surface area contributed by atoms with Gasteiger partial charge in [-0.15, -0.1) is 0 Å². The Balaban J connectivity index is 1.76. The van der Waals surface area contributed by atoms with Crippen LogP contribution in [0.1, 0.15) is 36.3 Å². The van der Waals surface area contributed by atoms with Gasteiger partial charge in [0.05, 0.1) is 18.4 Å². The van der Waals surface area contributed by atoms with Crippen molar-refractivity contribution >= 4 is 52.1 Å². The monoisotopic (exact) mass is 456 g/mol. The summed E-state index contributed by atoms with van der Waals surface area (Å²) in [6, 6.07) is 12.6. The van der Waals surface area contributed by atoms with E-state index < -0.39 is 0 Å². The first kappa shape index (κ1) is 21.4. The number of fused-ring (bicyclic) bond motifs is 1. The lowest BCUT2D eigenvalue weighted by Gasteiger charge is -2.30. The zero-order chi connectivity index (χ0) is 22.2. The molecule has 3 aromatic rings. The van der Waals surface area contributed by atoms with Crippen LogP contribution in [-0.2, 0) is 6.42 Å². The molecule has 1 heterocycles. The second kappa shape index (κ2) is 8.36. The topological polar surface area (TPSA) is 76.1 Å². The molecule has 8 heteroatoms. The van der Waals surface area contributed by atoms with Crippen molar-refractivity contribution in [2.75, 3.05) is 17.7 Å². The van der Waals surface area contributed by atoms with E-state index in [1.807, 2.05) is 24.3 Å². The molecule has 0 atom stereocenters. The predicted octanol–water partition coefficient (Wildman–Crippen LogP) is 6.43. The van der Waals surface area contributed by atoms with Gasteiger partial charge in [0.25, 0.3) is 0 Å². The van der Waals surface area contributed by atoms with Gasteiger partial charge in [-0.2, -0.15) is 4.98 Å². The fraction of sp³-hybridized carbons (Fsp3) is 0.261. The number of rotatable bonds is 5. The summed E-state index contributed by atoms with van der Waals surface area (Å²) in [5, 5.41) is 7.41. The third-order valence-corrected chi connectivity index (χ3v) is 5.46. The number of methoxy groups -OCH3 is 1. The van der Waals surface area contributed by atoms with Crippen LogP contribution in [0.4, 0.5) is 23.1 Å². The van der Waals surface area contributed by atoms with Gasteiger partial charge >= 0.3 is 0 Å². The smallest absolute Gasteiger partial charge is 0.229 e. The highest BCUT2D eigenvalue weighted by Crippen LogP contribution is 2.38. The van der Waals surface area contributed by atoms with Crippen molar-refractivity contribution in [1.82, 2.24) is 9.97 Å². The van der Waals surface area contributed by atoms with Gasteiger partial charge in [0.15, 0.2) is 5.78 Å². The fourth-order valence-corrected chi connectivity index (χ4v) is 4.21. The molecule has 0 radical (unpaired) electrons. The van der Waals surface area contributed by atoms with Crippen LogP contribution in [0.5, 0.6) is 5.75 Å². The van der Waals surface area contributed by atoms with E-state index in [0.717, 1.165) is 11.4 Å². The molecule has 0 fully saturated rings. The van der Waals surface area contributed by atoms with Crippen molar-refractivity contribution in [2.24, 2.45) is 5.41 Å². The average Bonchev–Trinajstić information content (AvgIpc) is 2.66. The molecule has 0 saturated carbocycles. The maximum absolute atomic E-state index is 13.0. The number of carbonyl (C=O) groups excluding carboxylic acids is 1. The minimum Gasteiger partial charge on any atom is -0.497 e. The molecule has 4 rings (SSSR count). The average molecular weight is 457 g/mol. The predicted molar refractivity (Wildman–Crippen MR) is 124 cm³/mol. The summed E-state index contributed by atoms with van der Waals surface area (Å²) >= 11 is 12.3. The van der Waals surface area contributed by atoms with Crippen LogP contribution >= 0.6 is 23.2 Å². The number of carbonyl (C=O) groups is 1. The number of anilines is 4. The second-order valence-electron chi connectivity index (χ2n) is 8.30. The number of hydrogen-bond acceptors (Lipinski definition) is 6. The van der Waals surface area contributed by atoms with Crippen LogP contribution in [0.25, 0.3) is 0 Å². The molecule has 6 nitrogen and oxygen atoms in total. The first-order valence-corrected chi connectivity index (χ1v) is 10.6. The molecule has 1 aromatic heterocycles. The Kier molecular flexibility index (Phi) is 5.77. The molecule has 1 aliphatic rings. The molecule has 0 unspecified atom stereocenters. The summed E-state index contributed by atoms with van der Waals surface area (Å²) in [5.41, 5.74) is 2.50. The fourth-order valence-electron chi connectivity index (χ4n) is 3.68. The zero-order valence-corrected chi connectivity index (χ0v) is 18.9. The van der Waals surface area contributed by atoms with E-state index in [1.54, 1.807) is 25.3 Å². The van der Waals surface area contributed by atoms with Crippen molar-refractivity contribution in [3.05, 3.63) is 63.8 Å². The lowest BCUT2D eigenvalue weighted by atomic mass is 9.75. The lowest BCUT2D eigenvalue weighted by molar-refractivity contribution is 0.0911. The van der Waals surface area contributed by atoms with Crippen molar-refractivity contribution < 1.29 is 9.53 Å². The molecule has 0 amide bonds. The summed E-state index contributed by atoms with van der Waals surface area (Å²) < 4.78 is 5.21. The Morgan fingerprint density at radius 3 is 2.26 bits per heavy atom. The van der Waals surface area contributed by atoms with E-state index in [-0.39, 0.29) is 11.2 Å². The van der Waals surface area contributed by atoms with E-state index in [4.69, 9.17) is 27.9 Å². The molecule has 0 bridgehead atoms. The molecular weight excluding hydrogens is 435 g/mol. The number of ether oxygens (including phenoxy) is 1. The van der Waals surface area contributed by atoms with Gasteiger partial charge in [0, 0.05) is 27.8 Å². The number of hydrogen-bond donors (Lipinski definition) is 2. The third-order valence-electron chi connectivity index (χ3n) is 5.02. The summed E-state index contributed by atoms with van der Waals surface area (Å²) in [7, 11) is 1.62. The van der Waals surface area contributed by atoms with Crippen molar-refractivity contribution in [3.63, 3.8) is 0 Å². The SMILES string of the molecule is COc1ccc(Nc2nc3c(c(Nc4cc(Cl)cc(Cl)c4)n2)C(=O)CC(C)(C)C3)cc1. The van der Waals surface area contributed by atoms with Gasteiger partial charge in [-0.25, -0.2) is 4.98 Å². The summed E-state index contributed by atoms with van der Waals surface area (Å²) in [6.07, 6.45) is 1.10. The molecule has 2 aromatic carbocycles. The quantitative estimate of drug-likeness (QED) is 0.460. The van der Waals surface area contributed by atoms with Crippen LogP contribution in [0.2, 0.25) is 10.0 Å². The molecule has 31 heavy (non-hydrogen) atoms. The van der Waals surface area contributed by atoms with Gasteiger partial charge in [-0.05, 0) is 54.3 Å². The molecule has 160 valence electrons. The van der Waals surface area contributed by atoms with E-state index in [9.17, 15) is 4.79 Å². The number of aromatic nitrogens is 2. The molecule has 0 saturated heterocycles. The molecular formula is C23H22Cl2N4O2. The highest BCUT2D eigenvalue weighted by atomic mass is 35.5. The number of halogens is 2. The Bertz CT molecular complexity index is 1130. The van der Waals surface area contributed by atoms with Crippen LogP contribution in [0.3, 0.4) is 0 Å². The van der Waals surface area contributed by atoms with E-state index in [2.05, 4.69) is 34.4 Å². The van der Waals surface area contributed by atoms with Gasteiger partial charge in [-0.1, -0.05) is 37.0 Å². The maximum Gasteiger partial charge on any atom is 0.229 e. The number of benzene rings is 2. The van der Waals surface area contributed by atoms with Crippen LogP contribution in [0.15, 0.2) is 42.5 Å². The molecule has 2 N–H and O–H groups in total. The summed E-state index contributed by atoms with van der Waals surface area (Å²) in [5.74, 6) is 1.59. The van der Waals surface area contributed by atoms with Gasteiger partial charge < -0.3 is 15.4 Å². The van der Waals surface area contributed by atoms with Crippen LogP contribution in [-0.4, -0.2) is 22.9 Å². The first-order chi connectivity index (χ1) is 14.7. The van der Waals surface area contributed by atoms with Crippen molar-refractivity contribution in [3.8, 4) is 5.75 Å². The normalized spacial score (nSPS) is 14.7. The minimum absolute atomic E-state index is 0.0119. The standard InChI is InChI=1S/C23H22Cl2N4O2/c1-23(2)11-18-20(19(30)12-23)21(26-16-9-13(24)8-14(25)10-16)29-22(28-18)27-15-4-6-17(31-3)7-5-15/h4-10H,11-12H2,1-3H3,(H2,26,27,28,29). The van der Waals surface area contributed by atoms with Gasteiger partial charge in [-0.3, -0.25) is 4.79 Å². The lowest BCUT2D eigenvalue weighted by Crippen LogP contribution is -2.29. The second-order valence-corrected chi connectivity index (χ2v) is 9.17. The number of nitrogens with zero attached hydrogens (tertiary/aromatic N) is 2. The zero-order valence-electron chi connectivity index (χ0n) is 17.4. The Labute approximate surface area is 191 Å². The third kappa shape index (κ3) is 4.92. The minimum atomic E-state index is -0.174. The number of nitrogens with one attached hydrogen (secondary N) is 2. The van der Waals surface area contributed by atoms with Crippen molar-refractivity contribution in [2.45, 2.75) is 26.7 Å². The van der Waals surface area contributed by atoms with E-state index in [1.165, 1.54) is 0 Å². The highest BCUT2D eigenvalue weighted by molar-refractivity contribution is 6.35. The number of Topliss-reactive ketones (excluding diaryl/α,β-unsaturated/α-hetero) is 1. The summed E-state index contributed by atoms with van der Waals surface area (Å²) in [4.78, 5) is 22.3. The molecule has 0 spiro atoms. The van der Waals surface area contributed by atoms with E-state index in [0.29, 0.717) is 51.6 Å². The maximum atomic E-state index is 13.0. The van der Waals surface area contributed by atoms with Gasteiger partial charge in [0.1, 0.15) is 11.6 Å². The van der Waals surface area contributed by atoms with E-state index >= 15 is 0 Å². The van der Waals surface area contributed by atoms with Crippen LogP contribution < -0.4 is 15.4 Å². The number of ketones is 1. The Morgan fingerprint density at radius 2 is 1.61 bits per heavy atom. The van der Waals surface area contributed by atoms with Crippen molar-refractivity contribution in [1.29, 1.82) is 0 Å². The summed E-state index contributed by atoms with van der Waals surface area (Å²) in [6.45, 7) is 4.13. The Morgan fingerprint density at radius 1 is 0.935 bits per heavy atom. The highest BCUT2D eigenvalue weighted by Gasteiger charge is 2.35. The largest absolute Gasteiger partial charge is 0.497 e.